The molecule has 0 saturated carbocycles. The average Bonchev–Trinajstić information content (AvgIpc) is 2.77. The van der Waals surface area contributed by atoms with Gasteiger partial charge < -0.3 is 9.47 Å². The Bertz CT molecular complexity index is 664. The third kappa shape index (κ3) is 3.85. The van der Waals surface area contributed by atoms with Gasteiger partial charge in [0, 0.05) is 50.7 Å². The van der Waals surface area contributed by atoms with Crippen LogP contribution in [0.5, 0.6) is 0 Å². The number of likely N-dealkylation sites (N-methyl/N-ethyl adjacent to an activating group) is 1. The van der Waals surface area contributed by atoms with Gasteiger partial charge in [0.05, 0.1) is 0 Å². The summed E-state index contributed by atoms with van der Waals surface area (Å²) < 4.78 is 2.50. The lowest BCUT2D eigenvalue weighted by Gasteiger charge is -2.32. The zero-order chi connectivity index (χ0) is 16.4. The van der Waals surface area contributed by atoms with Gasteiger partial charge in [-0.1, -0.05) is 29.8 Å². The number of rotatable bonds is 4. The van der Waals surface area contributed by atoms with Crippen LogP contribution in [0.1, 0.15) is 28.1 Å². The molecule has 1 fully saturated rings. The first-order chi connectivity index (χ1) is 11.0. The molecule has 124 valence electrons. The van der Waals surface area contributed by atoms with Gasteiger partial charge in [-0.2, -0.15) is 0 Å². The van der Waals surface area contributed by atoms with Crippen molar-refractivity contribution in [1.82, 2.24) is 14.4 Å². The molecule has 1 aromatic heterocycles. The fourth-order valence-corrected chi connectivity index (χ4v) is 3.44. The largest absolute Gasteiger partial charge is 0.343 e. The van der Waals surface area contributed by atoms with Crippen LogP contribution in [0.3, 0.4) is 0 Å². The van der Waals surface area contributed by atoms with E-state index in [1.54, 1.807) is 0 Å². The molecule has 2 heterocycles. The summed E-state index contributed by atoms with van der Waals surface area (Å²) in [6.07, 6.45) is 0. The number of aromatic nitrogens is 1. The van der Waals surface area contributed by atoms with Crippen molar-refractivity contribution in [3.05, 3.63) is 58.4 Å². The number of benzene rings is 1. The van der Waals surface area contributed by atoms with Gasteiger partial charge in [0.15, 0.2) is 0 Å². The Balaban J connectivity index is 1.79. The van der Waals surface area contributed by atoms with Gasteiger partial charge in [-0.15, -0.1) is 0 Å². The highest BCUT2D eigenvalue weighted by Crippen LogP contribution is 2.19. The number of hydrogen-bond donors (Lipinski definition) is 0. The summed E-state index contributed by atoms with van der Waals surface area (Å²) in [6, 6.07) is 11.2. The fraction of sp³-hybridized carbons (Fsp3) is 0.500. The van der Waals surface area contributed by atoms with E-state index >= 15 is 0 Å². The molecule has 0 radical (unpaired) electrons. The van der Waals surface area contributed by atoms with Crippen molar-refractivity contribution in [3.8, 4) is 0 Å². The van der Waals surface area contributed by atoms with E-state index in [0.717, 1.165) is 13.1 Å². The Kier molecular flexibility index (Phi) is 4.88. The molecular formula is C20H29N3. The maximum absolute atomic E-state index is 2.58. The van der Waals surface area contributed by atoms with Crippen LogP contribution in [0.4, 0.5) is 0 Å². The van der Waals surface area contributed by atoms with Gasteiger partial charge in [0.25, 0.3) is 0 Å². The van der Waals surface area contributed by atoms with E-state index in [-0.39, 0.29) is 0 Å². The highest BCUT2D eigenvalue weighted by molar-refractivity contribution is 5.29. The first-order valence-corrected chi connectivity index (χ1v) is 8.65. The molecule has 0 aliphatic carbocycles. The smallest absolute Gasteiger partial charge is 0.0476 e. The monoisotopic (exact) mass is 311 g/mol. The van der Waals surface area contributed by atoms with Crippen LogP contribution in [0.25, 0.3) is 0 Å². The minimum absolute atomic E-state index is 0.977. The summed E-state index contributed by atoms with van der Waals surface area (Å²) in [4.78, 5) is 5.00. The molecule has 1 aliphatic rings. The van der Waals surface area contributed by atoms with Crippen molar-refractivity contribution in [2.24, 2.45) is 0 Å². The van der Waals surface area contributed by atoms with E-state index < -0.39 is 0 Å². The van der Waals surface area contributed by atoms with Crippen molar-refractivity contribution in [2.45, 2.75) is 33.9 Å². The Hall–Kier alpha value is -1.58. The second kappa shape index (κ2) is 6.90. The Morgan fingerprint density at radius 3 is 2.35 bits per heavy atom. The molecule has 0 amide bonds. The normalized spacial score (nSPS) is 16.9. The maximum atomic E-state index is 2.58. The molecule has 0 spiro atoms. The SMILES string of the molecule is Cc1cccc(Cn2c(CN3CCN(C)CC3)cc(C)c2C)c1. The molecule has 0 unspecified atom stereocenters. The van der Waals surface area contributed by atoms with Crippen molar-refractivity contribution in [3.63, 3.8) is 0 Å². The predicted octanol–water partition coefficient (Wildman–Crippen LogP) is 3.21. The molecule has 23 heavy (non-hydrogen) atoms. The number of piperazine rings is 1. The lowest BCUT2D eigenvalue weighted by atomic mass is 10.1. The molecule has 0 atom stereocenters. The van der Waals surface area contributed by atoms with E-state index in [4.69, 9.17) is 0 Å². The highest BCUT2D eigenvalue weighted by Gasteiger charge is 2.17. The Morgan fingerprint density at radius 1 is 0.913 bits per heavy atom. The molecule has 2 aromatic rings. The first-order valence-electron chi connectivity index (χ1n) is 8.65. The van der Waals surface area contributed by atoms with Gasteiger partial charge in [0.1, 0.15) is 0 Å². The van der Waals surface area contributed by atoms with Crippen molar-refractivity contribution in [2.75, 3.05) is 33.2 Å². The van der Waals surface area contributed by atoms with E-state index in [0.29, 0.717) is 0 Å². The third-order valence-electron chi connectivity index (χ3n) is 5.11. The van der Waals surface area contributed by atoms with Gasteiger partial charge in [-0.25, -0.2) is 0 Å². The van der Waals surface area contributed by atoms with Gasteiger partial charge in [-0.3, -0.25) is 4.90 Å². The molecule has 1 aliphatic heterocycles. The summed E-state index contributed by atoms with van der Waals surface area (Å²) in [5.41, 5.74) is 6.98. The van der Waals surface area contributed by atoms with Crippen LogP contribution >= 0.6 is 0 Å². The zero-order valence-electron chi connectivity index (χ0n) is 15.0. The van der Waals surface area contributed by atoms with E-state index in [9.17, 15) is 0 Å². The maximum Gasteiger partial charge on any atom is 0.0476 e. The fourth-order valence-electron chi connectivity index (χ4n) is 3.44. The molecule has 1 saturated heterocycles. The molecule has 0 N–H and O–H groups in total. The Morgan fingerprint density at radius 2 is 1.65 bits per heavy atom. The lowest BCUT2D eigenvalue weighted by Crippen LogP contribution is -2.44. The van der Waals surface area contributed by atoms with E-state index in [1.807, 2.05) is 0 Å². The summed E-state index contributed by atoms with van der Waals surface area (Å²) in [6.45, 7) is 13.4. The van der Waals surface area contributed by atoms with Gasteiger partial charge >= 0.3 is 0 Å². The summed E-state index contributed by atoms with van der Waals surface area (Å²) in [7, 11) is 2.21. The predicted molar refractivity (Wildman–Crippen MR) is 97.0 cm³/mol. The lowest BCUT2D eigenvalue weighted by molar-refractivity contribution is 0.145. The zero-order valence-corrected chi connectivity index (χ0v) is 15.0. The second-order valence-corrected chi connectivity index (χ2v) is 7.06. The third-order valence-corrected chi connectivity index (χ3v) is 5.11. The number of aryl methyl sites for hydroxylation is 2. The summed E-state index contributed by atoms with van der Waals surface area (Å²) in [5, 5.41) is 0. The van der Waals surface area contributed by atoms with Crippen molar-refractivity contribution in [1.29, 1.82) is 0 Å². The Labute approximate surface area is 140 Å². The minimum Gasteiger partial charge on any atom is -0.343 e. The minimum atomic E-state index is 0.977. The van der Waals surface area contributed by atoms with Crippen molar-refractivity contribution < 1.29 is 0 Å². The van der Waals surface area contributed by atoms with Crippen LogP contribution < -0.4 is 0 Å². The number of nitrogens with zero attached hydrogens (tertiary/aromatic N) is 3. The summed E-state index contributed by atoms with van der Waals surface area (Å²) in [5.74, 6) is 0. The topological polar surface area (TPSA) is 11.4 Å². The van der Waals surface area contributed by atoms with E-state index in [1.165, 1.54) is 54.3 Å². The van der Waals surface area contributed by atoms with Gasteiger partial charge in [0.2, 0.25) is 0 Å². The molecular weight excluding hydrogens is 282 g/mol. The van der Waals surface area contributed by atoms with Crippen LogP contribution in [-0.4, -0.2) is 47.6 Å². The standard InChI is InChI=1S/C20H29N3/c1-16-6-5-7-19(12-16)14-23-18(3)17(2)13-20(23)15-22-10-8-21(4)9-11-22/h5-7,12-13H,8-11,14-15H2,1-4H3. The van der Waals surface area contributed by atoms with E-state index in [2.05, 4.69) is 72.5 Å². The second-order valence-electron chi connectivity index (χ2n) is 7.06. The average molecular weight is 311 g/mol. The quantitative estimate of drug-likeness (QED) is 0.859. The van der Waals surface area contributed by atoms with Crippen molar-refractivity contribution >= 4 is 0 Å². The van der Waals surface area contributed by atoms with Crippen LogP contribution in [-0.2, 0) is 13.1 Å². The molecule has 1 aromatic carbocycles. The molecule has 3 nitrogen and oxygen atoms in total. The molecule has 0 bridgehead atoms. The first kappa shape index (κ1) is 16.3. The summed E-state index contributed by atoms with van der Waals surface area (Å²) >= 11 is 0. The molecule has 3 rings (SSSR count). The van der Waals surface area contributed by atoms with Crippen LogP contribution in [0, 0.1) is 20.8 Å². The molecule has 3 heteroatoms. The highest BCUT2D eigenvalue weighted by atomic mass is 15.2. The van der Waals surface area contributed by atoms with Crippen LogP contribution in [0.2, 0.25) is 0 Å². The van der Waals surface area contributed by atoms with Crippen LogP contribution in [0.15, 0.2) is 30.3 Å². The number of hydrogen-bond acceptors (Lipinski definition) is 2. The van der Waals surface area contributed by atoms with Gasteiger partial charge in [-0.05, 0) is 45.0 Å².